The average molecular weight is 269 g/mol. The molecule has 0 amide bonds. The van der Waals surface area contributed by atoms with Gasteiger partial charge in [-0.2, -0.15) is 0 Å². The lowest BCUT2D eigenvalue weighted by Crippen LogP contribution is -2.17. The number of carboxylic acids is 1. The van der Waals surface area contributed by atoms with Crippen LogP contribution in [0, 0.1) is 6.92 Å². The van der Waals surface area contributed by atoms with Crippen molar-refractivity contribution >= 4 is 16.9 Å². The topological polar surface area (TPSA) is 50.2 Å². The molecular weight excluding hydrogens is 250 g/mol. The molecular formula is C17H19NO2. The van der Waals surface area contributed by atoms with Gasteiger partial charge in [-0.3, -0.25) is 4.98 Å². The number of hydrogen-bond acceptors (Lipinski definition) is 2. The first-order valence-electron chi connectivity index (χ1n) is 7.28. The fourth-order valence-electron chi connectivity index (χ4n) is 3.33. The fraction of sp³-hybridized carbons (Fsp3) is 0.412. The average Bonchev–Trinajstić information content (AvgIpc) is 2.43. The summed E-state index contributed by atoms with van der Waals surface area (Å²) < 4.78 is 0. The van der Waals surface area contributed by atoms with Crippen LogP contribution in [-0.4, -0.2) is 16.1 Å². The molecule has 3 rings (SSSR count). The first kappa shape index (κ1) is 13.1. The molecule has 0 radical (unpaired) electrons. The van der Waals surface area contributed by atoms with Crippen LogP contribution in [0.4, 0.5) is 0 Å². The highest BCUT2D eigenvalue weighted by atomic mass is 16.4. The highest BCUT2D eigenvalue weighted by Gasteiger charge is 2.27. The summed E-state index contributed by atoms with van der Waals surface area (Å²) in [6.45, 7) is 4.14. The number of carbonyl (C=O) groups is 1. The van der Waals surface area contributed by atoms with E-state index < -0.39 is 5.97 Å². The Morgan fingerprint density at radius 1 is 1.45 bits per heavy atom. The summed E-state index contributed by atoms with van der Waals surface area (Å²) in [6, 6.07) is 5.89. The Morgan fingerprint density at radius 2 is 2.25 bits per heavy atom. The molecule has 3 nitrogen and oxygen atoms in total. The van der Waals surface area contributed by atoms with E-state index in [1.54, 1.807) is 0 Å². The third kappa shape index (κ3) is 1.98. The molecule has 104 valence electrons. The lowest BCUT2D eigenvalue weighted by molar-refractivity contribution is 0.0697. The van der Waals surface area contributed by atoms with E-state index in [-0.39, 0.29) is 0 Å². The number of fused-ring (bicyclic) bond motifs is 2. The lowest BCUT2D eigenvalue weighted by Gasteiger charge is -2.25. The summed E-state index contributed by atoms with van der Waals surface area (Å²) in [6.07, 6.45) is 4.04. The molecule has 2 aromatic rings. The summed E-state index contributed by atoms with van der Waals surface area (Å²) in [7, 11) is 0. The van der Waals surface area contributed by atoms with Crippen LogP contribution >= 0.6 is 0 Å². The van der Waals surface area contributed by atoms with E-state index in [0.29, 0.717) is 11.5 Å². The number of aryl methyl sites for hydroxylation is 1. The van der Waals surface area contributed by atoms with E-state index in [1.165, 1.54) is 0 Å². The van der Waals surface area contributed by atoms with Gasteiger partial charge in [0.15, 0.2) is 0 Å². The Bertz CT molecular complexity index is 691. The lowest BCUT2D eigenvalue weighted by atomic mass is 9.82. The third-order valence-corrected chi connectivity index (χ3v) is 4.35. The van der Waals surface area contributed by atoms with Gasteiger partial charge in [0.2, 0.25) is 0 Å². The van der Waals surface area contributed by atoms with Crippen LogP contribution in [0.3, 0.4) is 0 Å². The largest absolute Gasteiger partial charge is 0.478 e. The van der Waals surface area contributed by atoms with E-state index in [4.69, 9.17) is 4.98 Å². The third-order valence-electron chi connectivity index (χ3n) is 4.35. The Labute approximate surface area is 118 Å². The fourth-order valence-corrected chi connectivity index (χ4v) is 3.33. The van der Waals surface area contributed by atoms with Gasteiger partial charge in [0.1, 0.15) is 0 Å². The molecule has 0 saturated carbocycles. The highest BCUT2D eigenvalue weighted by Crippen LogP contribution is 2.37. The SMILES string of the molecule is CCC1CCCc2c1nc1ccc(C)cc1c2C(=O)O. The van der Waals surface area contributed by atoms with Crippen LogP contribution < -0.4 is 0 Å². The molecule has 1 unspecified atom stereocenters. The normalized spacial score (nSPS) is 18.0. The van der Waals surface area contributed by atoms with E-state index >= 15 is 0 Å². The minimum atomic E-state index is -0.823. The molecule has 1 heterocycles. The van der Waals surface area contributed by atoms with Gasteiger partial charge >= 0.3 is 5.97 Å². The quantitative estimate of drug-likeness (QED) is 0.894. The van der Waals surface area contributed by atoms with Crippen molar-refractivity contribution in [2.75, 3.05) is 0 Å². The summed E-state index contributed by atoms with van der Waals surface area (Å²) >= 11 is 0. The molecule has 1 aliphatic rings. The van der Waals surface area contributed by atoms with Gasteiger partial charge in [-0.05, 0) is 50.3 Å². The molecule has 0 bridgehead atoms. The van der Waals surface area contributed by atoms with Gasteiger partial charge < -0.3 is 5.11 Å². The molecule has 0 aliphatic heterocycles. The molecule has 1 aliphatic carbocycles. The second kappa shape index (κ2) is 4.89. The minimum Gasteiger partial charge on any atom is -0.478 e. The van der Waals surface area contributed by atoms with Crippen LogP contribution in [0.5, 0.6) is 0 Å². The molecule has 1 atom stereocenters. The van der Waals surface area contributed by atoms with E-state index in [1.807, 2.05) is 25.1 Å². The van der Waals surface area contributed by atoms with Gasteiger partial charge in [0.25, 0.3) is 0 Å². The van der Waals surface area contributed by atoms with Crippen molar-refractivity contribution in [3.05, 3.63) is 40.6 Å². The molecule has 0 spiro atoms. The monoisotopic (exact) mass is 269 g/mol. The Morgan fingerprint density at radius 3 is 2.95 bits per heavy atom. The van der Waals surface area contributed by atoms with Crippen LogP contribution in [0.2, 0.25) is 0 Å². The Balaban J connectivity index is 2.38. The maximum Gasteiger partial charge on any atom is 0.336 e. The maximum atomic E-state index is 11.8. The van der Waals surface area contributed by atoms with Crippen LogP contribution in [0.1, 0.15) is 59.3 Å². The van der Waals surface area contributed by atoms with E-state index in [9.17, 15) is 9.90 Å². The summed E-state index contributed by atoms with van der Waals surface area (Å²) in [5, 5.41) is 10.4. The molecule has 0 saturated heterocycles. The maximum absolute atomic E-state index is 11.8. The number of rotatable bonds is 2. The molecule has 20 heavy (non-hydrogen) atoms. The molecule has 1 aromatic heterocycles. The van der Waals surface area contributed by atoms with Crippen LogP contribution in [0.15, 0.2) is 18.2 Å². The van der Waals surface area contributed by atoms with Crippen molar-refractivity contribution in [1.82, 2.24) is 4.98 Å². The molecule has 1 aromatic carbocycles. The van der Waals surface area contributed by atoms with Crippen LogP contribution in [-0.2, 0) is 6.42 Å². The minimum absolute atomic E-state index is 0.405. The van der Waals surface area contributed by atoms with Gasteiger partial charge in [-0.1, -0.05) is 18.6 Å². The van der Waals surface area contributed by atoms with Crippen molar-refractivity contribution in [3.63, 3.8) is 0 Å². The second-order valence-corrected chi connectivity index (χ2v) is 5.67. The smallest absolute Gasteiger partial charge is 0.336 e. The number of aromatic nitrogens is 1. The summed E-state index contributed by atoms with van der Waals surface area (Å²) in [5.41, 5.74) is 4.35. The zero-order valence-electron chi connectivity index (χ0n) is 11.9. The molecule has 0 fully saturated rings. The van der Waals surface area contributed by atoms with Gasteiger partial charge in [0.05, 0.1) is 11.1 Å². The zero-order chi connectivity index (χ0) is 14.3. The van der Waals surface area contributed by atoms with E-state index in [0.717, 1.165) is 53.4 Å². The predicted molar refractivity (Wildman–Crippen MR) is 79.4 cm³/mol. The Hall–Kier alpha value is -1.90. The van der Waals surface area contributed by atoms with Crippen molar-refractivity contribution < 1.29 is 9.90 Å². The summed E-state index contributed by atoms with van der Waals surface area (Å²) in [4.78, 5) is 16.6. The van der Waals surface area contributed by atoms with Gasteiger partial charge in [-0.15, -0.1) is 0 Å². The van der Waals surface area contributed by atoms with Crippen molar-refractivity contribution in [2.24, 2.45) is 0 Å². The van der Waals surface area contributed by atoms with Crippen molar-refractivity contribution in [2.45, 2.75) is 45.4 Å². The van der Waals surface area contributed by atoms with Crippen molar-refractivity contribution in [3.8, 4) is 0 Å². The Kier molecular flexibility index (Phi) is 3.20. The predicted octanol–water partition coefficient (Wildman–Crippen LogP) is 4.07. The second-order valence-electron chi connectivity index (χ2n) is 5.67. The van der Waals surface area contributed by atoms with Crippen molar-refractivity contribution in [1.29, 1.82) is 0 Å². The van der Waals surface area contributed by atoms with Gasteiger partial charge in [-0.25, -0.2) is 4.79 Å². The number of hydrogen-bond donors (Lipinski definition) is 1. The standard InChI is InChI=1S/C17H19NO2/c1-3-11-5-4-6-12-15(17(19)20)13-9-10(2)7-8-14(13)18-16(11)12/h7-9,11H,3-6H2,1-2H3,(H,19,20). The highest BCUT2D eigenvalue weighted by molar-refractivity contribution is 6.04. The number of aromatic carboxylic acids is 1. The first-order chi connectivity index (χ1) is 9.61. The number of pyridine rings is 1. The van der Waals surface area contributed by atoms with Crippen LogP contribution in [0.25, 0.3) is 10.9 Å². The first-order valence-corrected chi connectivity index (χ1v) is 7.28. The zero-order valence-corrected chi connectivity index (χ0v) is 11.9. The number of benzene rings is 1. The number of carboxylic acid groups (broad SMARTS) is 1. The molecule has 3 heteroatoms. The molecule has 1 N–H and O–H groups in total. The van der Waals surface area contributed by atoms with E-state index in [2.05, 4.69) is 6.92 Å². The summed E-state index contributed by atoms with van der Waals surface area (Å²) in [5.74, 6) is -0.418. The van der Waals surface area contributed by atoms with Gasteiger partial charge in [0, 0.05) is 17.0 Å². The number of nitrogens with zero attached hydrogens (tertiary/aromatic N) is 1.